The molecule has 3 heterocycles. The van der Waals surface area contributed by atoms with Crippen LogP contribution in [0.2, 0.25) is 4.34 Å². The number of hydrogen-bond donors (Lipinski definition) is 1. The second-order valence-electron chi connectivity index (χ2n) is 6.72. The van der Waals surface area contributed by atoms with Crippen LogP contribution in [-0.4, -0.2) is 34.8 Å². The molecule has 2 amide bonds. The summed E-state index contributed by atoms with van der Waals surface area (Å²) in [4.78, 5) is 30.5. The van der Waals surface area contributed by atoms with Crippen molar-refractivity contribution in [1.29, 1.82) is 0 Å². The average Bonchev–Trinajstić information content (AvgIpc) is 3.11. The highest BCUT2D eigenvalue weighted by atomic mass is 35.5. The third-order valence-corrected chi connectivity index (χ3v) is 6.07. The number of likely N-dealkylation sites (tertiary alicyclic amines) is 1. The van der Waals surface area contributed by atoms with Gasteiger partial charge in [0.25, 0.3) is 0 Å². The Labute approximate surface area is 170 Å². The van der Waals surface area contributed by atoms with Crippen LogP contribution in [0.1, 0.15) is 24.3 Å². The molecule has 4 rings (SSSR count). The Kier molecular flexibility index (Phi) is 5.28. The smallest absolute Gasteiger partial charge is 0.313 e. The van der Waals surface area contributed by atoms with Crippen LogP contribution in [0.5, 0.6) is 0 Å². The highest BCUT2D eigenvalue weighted by molar-refractivity contribution is 7.14. The maximum Gasteiger partial charge on any atom is 0.313 e. The van der Waals surface area contributed by atoms with Crippen LogP contribution in [0.15, 0.2) is 41.9 Å². The van der Waals surface area contributed by atoms with Crippen molar-refractivity contribution in [3.63, 3.8) is 0 Å². The minimum absolute atomic E-state index is 0.190. The Hall–Kier alpha value is -2.51. The molecular formula is C20H17ClFN3O2S. The quantitative estimate of drug-likeness (QED) is 0.627. The van der Waals surface area contributed by atoms with Crippen LogP contribution in [0.3, 0.4) is 0 Å². The zero-order valence-electron chi connectivity index (χ0n) is 14.8. The topological polar surface area (TPSA) is 62.3 Å². The van der Waals surface area contributed by atoms with Gasteiger partial charge in [-0.1, -0.05) is 11.6 Å². The van der Waals surface area contributed by atoms with Crippen LogP contribution < -0.4 is 5.32 Å². The number of halogens is 2. The molecule has 3 aromatic rings. The van der Waals surface area contributed by atoms with E-state index in [9.17, 15) is 14.0 Å². The molecule has 0 saturated carbocycles. The van der Waals surface area contributed by atoms with Crippen molar-refractivity contribution in [3.8, 4) is 0 Å². The SMILES string of the molecule is O=C(Nc1csc(Cl)c1)C(=O)N1CCC(c2ccnc3ccc(F)cc23)CC1. The number of thiophene rings is 1. The van der Waals surface area contributed by atoms with Gasteiger partial charge in [-0.3, -0.25) is 14.6 Å². The monoisotopic (exact) mass is 417 g/mol. The number of nitrogens with one attached hydrogen (secondary N) is 1. The van der Waals surface area contributed by atoms with Gasteiger partial charge in [-0.15, -0.1) is 11.3 Å². The maximum atomic E-state index is 13.7. The maximum absolute atomic E-state index is 13.7. The van der Waals surface area contributed by atoms with Crippen molar-refractivity contribution in [2.45, 2.75) is 18.8 Å². The third-order valence-electron chi connectivity index (χ3n) is 4.98. The van der Waals surface area contributed by atoms with Gasteiger partial charge in [0.2, 0.25) is 0 Å². The largest absolute Gasteiger partial charge is 0.334 e. The summed E-state index contributed by atoms with van der Waals surface area (Å²) in [6.07, 6.45) is 3.14. The van der Waals surface area contributed by atoms with Gasteiger partial charge in [0.1, 0.15) is 5.82 Å². The molecule has 0 radical (unpaired) electrons. The molecule has 0 unspecified atom stereocenters. The van der Waals surface area contributed by atoms with E-state index in [-0.39, 0.29) is 11.7 Å². The van der Waals surface area contributed by atoms with Crippen LogP contribution in [-0.2, 0) is 9.59 Å². The third kappa shape index (κ3) is 3.86. The summed E-state index contributed by atoms with van der Waals surface area (Å²) in [7, 11) is 0. The highest BCUT2D eigenvalue weighted by Gasteiger charge is 2.28. The molecule has 2 aromatic heterocycles. The van der Waals surface area contributed by atoms with Gasteiger partial charge in [0.05, 0.1) is 15.5 Å². The van der Waals surface area contributed by atoms with Crippen LogP contribution in [0.25, 0.3) is 10.9 Å². The predicted molar refractivity (Wildman–Crippen MR) is 108 cm³/mol. The molecular weight excluding hydrogens is 401 g/mol. The molecule has 1 saturated heterocycles. The Morgan fingerprint density at radius 1 is 1.21 bits per heavy atom. The summed E-state index contributed by atoms with van der Waals surface area (Å²) in [5.74, 6) is -1.31. The first-order valence-electron chi connectivity index (χ1n) is 8.90. The fourth-order valence-electron chi connectivity index (χ4n) is 3.59. The first kappa shape index (κ1) is 18.8. The van der Waals surface area contributed by atoms with Gasteiger partial charge in [-0.25, -0.2) is 4.39 Å². The summed E-state index contributed by atoms with van der Waals surface area (Å²) in [6, 6.07) is 8.11. The number of rotatable bonds is 2. The molecule has 1 aliphatic heterocycles. The average molecular weight is 418 g/mol. The second-order valence-corrected chi connectivity index (χ2v) is 8.26. The number of amides is 2. The molecule has 0 aliphatic carbocycles. The van der Waals surface area contributed by atoms with E-state index in [1.54, 1.807) is 28.6 Å². The van der Waals surface area contributed by atoms with E-state index >= 15 is 0 Å². The van der Waals surface area contributed by atoms with Crippen LogP contribution in [0.4, 0.5) is 10.1 Å². The zero-order chi connectivity index (χ0) is 19.7. The van der Waals surface area contributed by atoms with E-state index < -0.39 is 11.8 Å². The van der Waals surface area contributed by atoms with Gasteiger partial charge in [-0.05, 0) is 54.7 Å². The first-order valence-corrected chi connectivity index (χ1v) is 10.2. The molecule has 1 aromatic carbocycles. The fraction of sp³-hybridized carbons (Fsp3) is 0.250. The lowest BCUT2D eigenvalue weighted by molar-refractivity contribution is -0.143. The molecule has 1 aliphatic rings. The summed E-state index contributed by atoms with van der Waals surface area (Å²) in [6.45, 7) is 0.945. The number of nitrogens with zero attached hydrogens (tertiary/aromatic N) is 2. The Morgan fingerprint density at radius 3 is 2.71 bits per heavy atom. The van der Waals surface area contributed by atoms with Gasteiger partial charge in [0.15, 0.2) is 0 Å². The van der Waals surface area contributed by atoms with Crippen molar-refractivity contribution in [1.82, 2.24) is 9.88 Å². The van der Waals surface area contributed by atoms with Crippen molar-refractivity contribution < 1.29 is 14.0 Å². The number of aromatic nitrogens is 1. The normalized spacial score (nSPS) is 15.0. The lowest BCUT2D eigenvalue weighted by atomic mass is 9.87. The van der Waals surface area contributed by atoms with E-state index in [0.717, 1.165) is 16.5 Å². The standard InChI is InChI=1S/C20H17ClFN3O2S/c21-18-10-14(11-28-18)24-19(26)20(27)25-7-4-12(5-8-25)15-3-6-23-17-2-1-13(22)9-16(15)17/h1-3,6,9-12H,4-5,7-8H2,(H,24,26). The molecule has 0 atom stereocenters. The van der Waals surface area contributed by atoms with E-state index in [4.69, 9.17) is 11.6 Å². The van der Waals surface area contributed by atoms with Crippen LogP contribution in [0, 0.1) is 5.82 Å². The Morgan fingerprint density at radius 2 is 2.00 bits per heavy atom. The van der Waals surface area contributed by atoms with Gasteiger partial charge in [0, 0.05) is 30.1 Å². The number of pyridine rings is 1. The molecule has 144 valence electrons. The number of anilines is 1. The van der Waals surface area contributed by atoms with Crippen molar-refractivity contribution in [3.05, 3.63) is 57.6 Å². The Balaban J connectivity index is 1.43. The summed E-state index contributed by atoms with van der Waals surface area (Å²) < 4.78 is 14.2. The van der Waals surface area contributed by atoms with Gasteiger partial charge < -0.3 is 10.2 Å². The molecule has 0 bridgehead atoms. The molecule has 1 fully saturated rings. The minimum atomic E-state index is -0.663. The lowest BCUT2D eigenvalue weighted by Gasteiger charge is -2.32. The van der Waals surface area contributed by atoms with Gasteiger partial charge >= 0.3 is 11.8 Å². The van der Waals surface area contributed by atoms with E-state index in [2.05, 4.69) is 10.3 Å². The van der Waals surface area contributed by atoms with Crippen LogP contribution >= 0.6 is 22.9 Å². The second kappa shape index (κ2) is 7.85. The fourth-order valence-corrected chi connectivity index (χ4v) is 4.41. The minimum Gasteiger partial charge on any atom is -0.334 e. The Bertz CT molecular complexity index is 1050. The molecule has 0 spiro atoms. The number of piperidine rings is 1. The number of fused-ring (bicyclic) bond motifs is 1. The van der Waals surface area contributed by atoms with Crippen molar-refractivity contribution >= 4 is 51.3 Å². The van der Waals surface area contributed by atoms with E-state index in [1.165, 1.54) is 23.5 Å². The lowest BCUT2D eigenvalue weighted by Crippen LogP contribution is -2.43. The zero-order valence-corrected chi connectivity index (χ0v) is 16.4. The first-order chi connectivity index (χ1) is 13.5. The number of carbonyl (C=O) groups excluding carboxylic acids is 2. The predicted octanol–water partition coefficient (Wildman–Crippen LogP) is 4.43. The number of benzene rings is 1. The van der Waals surface area contributed by atoms with E-state index in [0.29, 0.717) is 36.0 Å². The number of carbonyl (C=O) groups is 2. The summed E-state index contributed by atoms with van der Waals surface area (Å²) in [5, 5.41) is 5.07. The van der Waals surface area contributed by atoms with Crippen molar-refractivity contribution in [2.75, 3.05) is 18.4 Å². The van der Waals surface area contributed by atoms with E-state index in [1.807, 2.05) is 6.07 Å². The molecule has 5 nitrogen and oxygen atoms in total. The number of hydrogen-bond acceptors (Lipinski definition) is 4. The summed E-state index contributed by atoms with van der Waals surface area (Å²) >= 11 is 7.13. The molecule has 1 N–H and O–H groups in total. The molecule has 28 heavy (non-hydrogen) atoms. The highest BCUT2D eigenvalue weighted by Crippen LogP contribution is 2.33. The summed E-state index contributed by atoms with van der Waals surface area (Å²) in [5.41, 5.74) is 2.31. The molecule has 8 heteroatoms. The van der Waals surface area contributed by atoms with Crippen molar-refractivity contribution in [2.24, 2.45) is 0 Å². The van der Waals surface area contributed by atoms with Gasteiger partial charge in [-0.2, -0.15) is 0 Å².